The lowest BCUT2D eigenvalue weighted by Crippen LogP contribution is -2.49. The Kier molecular flexibility index (Phi) is 4.46. The summed E-state index contributed by atoms with van der Waals surface area (Å²) in [5.74, 6) is 1.38. The Balaban J connectivity index is 1.29. The van der Waals surface area contributed by atoms with Crippen molar-refractivity contribution in [1.29, 1.82) is 0 Å². The van der Waals surface area contributed by atoms with E-state index in [9.17, 15) is 4.79 Å². The number of aryl methyl sites for hydroxylation is 1. The zero-order valence-corrected chi connectivity index (χ0v) is 14.8. The number of carbonyl (C=O) groups is 1. The topological polar surface area (TPSA) is 66.9 Å². The SMILES string of the molecule is Cc1nc(CN2CCN(C(=O)Nc3ccc4c(c3)OCO4)CC2)cs1. The van der Waals surface area contributed by atoms with Crippen molar-refractivity contribution < 1.29 is 14.3 Å². The van der Waals surface area contributed by atoms with Gasteiger partial charge < -0.3 is 19.7 Å². The van der Waals surface area contributed by atoms with Gasteiger partial charge in [0.05, 0.1) is 10.7 Å². The summed E-state index contributed by atoms with van der Waals surface area (Å²) < 4.78 is 10.6. The van der Waals surface area contributed by atoms with Gasteiger partial charge in [0.2, 0.25) is 6.79 Å². The second-order valence-electron chi connectivity index (χ2n) is 6.12. The van der Waals surface area contributed by atoms with Crippen molar-refractivity contribution in [3.63, 3.8) is 0 Å². The average molecular weight is 360 g/mol. The van der Waals surface area contributed by atoms with E-state index >= 15 is 0 Å². The molecule has 1 N–H and O–H groups in total. The van der Waals surface area contributed by atoms with Crippen LogP contribution in [0.2, 0.25) is 0 Å². The van der Waals surface area contributed by atoms with Crippen LogP contribution in [0.1, 0.15) is 10.7 Å². The van der Waals surface area contributed by atoms with Crippen molar-refractivity contribution in [1.82, 2.24) is 14.8 Å². The molecule has 0 unspecified atom stereocenters. The van der Waals surface area contributed by atoms with Crippen molar-refractivity contribution in [2.75, 3.05) is 38.3 Å². The Morgan fingerprint density at radius 2 is 2.04 bits per heavy atom. The number of aromatic nitrogens is 1. The van der Waals surface area contributed by atoms with Crippen LogP contribution >= 0.6 is 11.3 Å². The van der Waals surface area contributed by atoms with Gasteiger partial charge in [-0.25, -0.2) is 9.78 Å². The van der Waals surface area contributed by atoms with E-state index in [1.54, 1.807) is 17.4 Å². The van der Waals surface area contributed by atoms with Crippen LogP contribution in [0.3, 0.4) is 0 Å². The molecular formula is C17H20N4O3S. The van der Waals surface area contributed by atoms with Crippen molar-refractivity contribution in [2.24, 2.45) is 0 Å². The third-order valence-corrected chi connectivity index (χ3v) is 5.16. The van der Waals surface area contributed by atoms with Crippen LogP contribution < -0.4 is 14.8 Å². The number of hydrogen-bond acceptors (Lipinski definition) is 6. The molecule has 4 rings (SSSR count). The highest BCUT2D eigenvalue weighted by molar-refractivity contribution is 7.09. The molecule has 1 aromatic heterocycles. The van der Waals surface area contributed by atoms with Crippen LogP contribution in [-0.2, 0) is 6.54 Å². The first-order valence-corrected chi connectivity index (χ1v) is 9.14. The molecule has 25 heavy (non-hydrogen) atoms. The standard InChI is InChI=1S/C17H20N4O3S/c1-12-18-14(10-25-12)9-20-4-6-21(7-5-20)17(22)19-13-2-3-15-16(8-13)24-11-23-15/h2-3,8,10H,4-7,9,11H2,1H3,(H,19,22). The molecule has 7 nitrogen and oxygen atoms in total. The molecule has 2 amide bonds. The van der Waals surface area contributed by atoms with Crippen LogP contribution in [0, 0.1) is 6.92 Å². The fourth-order valence-electron chi connectivity index (χ4n) is 3.00. The van der Waals surface area contributed by atoms with Crippen molar-refractivity contribution in [3.05, 3.63) is 34.3 Å². The molecule has 2 aromatic rings. The Labute approximate surface area is 150 Å². The molecular weight excluding hydrogens is 340 g/mol. The summed E-state index contributed by atoms with van der Waals surface area (Å²) in [6, 6.07) is 5.35. The lowest BCUT2D eigenvalue weighted by molar-refractivity contribution is 0.142. The number of ether oxygens (including phenoxy) is 2. The molecule has 2 aliphatic heterocycles. The fraction of sp³-hybridized carbons (Fsp3) is 0.412. The van der Waals surface area contributed by atoms with Gasteiger partial charge in [0.25, 0.3) is 0 Å². The third kappa shape index (κ3) is 3.69. The number of nitrogens with zero attached hydrogens (tertiary/aromatic N) is 3. The molecule has 1 aromatic carbocycles. The molecule has 0 atom stereocenters. The first-order valence-electron chi connectivity index (χ1n) is 8.26. The summed E-state index contributed by atoms with van der Waals surface area (Å²) in [7, 11) is 0. The Hall–Kier alpha value is -2.32. The maximum atomic E-state index is 12.4. The number of thiazole rings is 1. The van der Waals surface area contributed by atoms with E-state index < -0.39 is 0 Å². The Morgan fingerprint density at radius 3 is 2.80 bits per heavy atom. The molecule has 0 saturated carbocycles. The molecule has 0 aliphatic carbocycles. The number of carbonyl (C=O) groups excluding carboxylic acids is 1. The first kappa shape index (κ1) is 16.2. The van der Waals surface area contributed by atoms with Gasteiger partial charge in [-0.3, -0.25) is 4.90 Å². The zero-order chi connectivity index (χ0) is 17.2. The van der Waals surface area contributed by atoms with Gasteiger partial charge in [-0.05, 0) is 19.1 Å². The lowest BCUT2D eigenvalue weighted by Gasteiger charge is -2.34. The Bertz CT molecular complexity index is 771. The normalized spacial score (nSPS) is 16.9. The van der Waals surface area contributed by atoms with Gasteiger partial charge in [0, 0.05) is 49.9 Å². The minimum Gasteiger partial charge on any atom is -0.454 e. The number of hydrogen-bond donors (Lipinski definition) is 1. The van der Waals surface area contributed by atoms with Gasteiger partial charge >= 0.3 is 6.03 Å². The molecule has 0 radical (unpaired) electrons. The predicted molar refractivity (Wildman–Crippen MR) is 95.3 cm³/mol. The molecule has 132 valence electrons. The van der Waals surface area contributed by atoms with Gasteiger partial charge in [0.1, 0.15) is 0 Å². The maximum absolute atomic E-state index is 12.4. The second kappa shape index (κ2) is 6.89. The largest absolute Gasteiger partial charge is 0.454 e. The van der Waals surface area contributed by atoms with Crippen molar-refractivity contribution in [3.8, 4) is 11.5 Å². The fourth-order valence-corrected chi connectivity index (χ4v) is 3.60. The van der Waals surface area contributed by atoms with Crippen LogP contribution in [0.4, 0.5) is 10.5 Å². The summed E-state index contributed by atoms with van der Waals surface area (Å²) in [5.41, 5.74) is 1.83. The highest BCUT2D eigenvalue weighted by atomic mass is 32.1. The highest BCUT2D eigenvalue weighted by Crippen LogP contribution is 2.34. The van der Waals surface area contributed by atoms with Gasteiger partial charge in [-0.15, -0.1) is 11.3 Å². The molecule has 0 bridgehead atoms. The molecule has 0 spiro atoms. The third-order valence-electron chi connectivity index (χ3n) is 4.34. The molecule has 3 heterocycles. The summed E-state index contributed by atoms with van der Waals surface area (Å²) in [6.07, 6.45) is 0. The zero-order valence-electron chi connectivity index (χ0n) is 14.0. The number of nitrogens with one attached hydrogen (secondary N) is 1. The van der Waals surface area contributed by atoms with E-state index in [1.165, 1.54) is 0 Å². The quantitative estimate of drug-likeness (QED) is 0.911. The van der Waals surface area contributed by atoms with Crippen molar-refractivity contribution >= 4 is 23.1 Å². The smallest absolute Gasteiger partial charge is 0.321 e. The van der Waals surface area contributed by atoms with E-state index in [1.807, 2.05) is 24.0 Å². The Morgan fingerprint density at radius 1 is 1.24 bits per heavy atom. The summed E-state index contributed by atoms with van der Waals surface area (Å²) in [4.78, 5) is 21.1. The molecule has 8 heteroatoms. The van der Waals surface area contributed by atoms with Gasteiger partial charge in [-0.1, -0.05) is 0 Å². The number of piperazine rings is 1. The van der Waals surface area contributed by atoms with E-state index in [-0.39, 0.29) is 12.8 Å². The van der Waals surface area contributed by atoms with E-state index in [0.29, 0.717) is 24.6 Å². The number of benzene rings is 1. The van der Waals surface area contributed by atoms with Crippen LogP contribution in [0.5, 0.6) is 11.5 Å². The van der Waals surface area contributed by atoms with Gasteiger partial charge in [0.15, 0.2) is 11.5 Å². The summed E-state index contributed by atoms with van der Waals surface area (Å²) in [5, 5.41) is 6.13. The number of anilines is 1. The van der Waals surface area contributed by atoms with Crippen LogP contribution in [0.25, 0.3) is 0 Å². The number of fused-ring (bicyclic) bond motifs is 1. The molecule has 2 aliphatic rings. The van der Waals surface area contributed by atoms with E-state index in [4.69, 9.17) is 9.47 Å². The average Bonchev–Trinajstić information content (AvgIpc) is 3.24. The highest BCUT2D eigenvalue weighted by Gasteiger charge is 2.22. The molecule has 1 fully saturated rings. The van der Waals surface area contributed by atoms with Crippen LogP contribution in [-0.4, -0.2) is 53.8 Å². The number of amides is 2. The van der Waals surface area contributed by atoms with Gasteiger partial charge in [-0.2, -0.15) is 0 Å². The minimum atomic E-state index is -0.0805. The van der Waals surface area contributed by atoms with E-state index in [2.05, 4.69) is 20.6 Å². The van der Waals surface area contributed by atoms with E-state index in [0.717, 1.165) is 36.0 Å². The maximum Gasteiger partial charge on any atom is 0.321 e. The molecule has 1 saturated heterocycles. The lowest BCUT2D eigenvalue weighted by atomic mass is 10.2. The van der Waals surface area contributed by atoms with Crippen molar-refractivity contribution in [2.45, 2.75) is 13.5 Å². The monoisotopic (exact) mass is 360 g/mol. The second-order valence-corrected chi connectivity index (χ2v) is 7.18. The summed E-state index contributed by atoms with van der Waals surface area (Å²) in [6.45, 7) is 6.22. The number of urea groups is 1. The first-order chi connectivity index (χ1) is 12.2. The number of rotatable bonds is 3. The minimum absolute atomic E-state index is 0.0805. The summed E-state index contributed by atoms with van der Waals surface area (Å²) >= 11 is 1.68. The van der Waals surface area contributed by atoms with Crippen LogP contribution in [0.15, 0.2) is 23.6 Å². The predicted octanol–water partition coefficient (Wildman–Crippen LogP) is 2.53.